The summed E-state index contributed by atoms with van der Waals surface area (Å²) in [5.41, 5.74) is -1.60. The summed E-state index contributed by atoms with van der Waals surface area (Å²) in [6, 6.07) is 5.10. The van der Waals surface area contributed by atoms with Crippen molar-refractivity contribution in [1.29, 1.82) is 0 Å². The molecule has 0 saturated carbocycles. The monoisotopic (exact) mass is 560 g/mol. The summed E-state index contributed by atoms with van der Waals surface area (Å²) in [7, 11) is -3.96. The Hall–Kier alpha value is -2.57. The molecule has 2 heterocycles. The van der Waals surface area contributed by atoms with Gasteiger partial charge < -0.3 is 10.4 Å². The third-order valence-corrected chi connectivity index (χ3v) is 8.73. The lowest BCUT2D eigenvalue weighted by Crippen LogP contribution is -2.57. The molecule has 0 radical (unpaired) electrons. The summed E-state index contributed by atoms with van der Waals surface area (Å²) in [5.74, 6) is -2.28. The highest BCUT2D eigenvalue weighted by molar-refractivity contribution is 9.10. The Bertz CT molecular complexity index is 1300. The number of sulfone groups is 1. The topological polar surface area (TPSA) is 138 Å². The molecule has 1 aromatic carbocycles. The Morgan fingerprint density at radius 2 is 1.88 bits per heavy atom. The fraction of sp³-hybridized carbons (Fsp3) is 0.300. The van der Waals surface area contributed by atoms with Crippen LogP contribution in [-0.2, 0) is 15.4 Å². The van der Waals surface area contributed by atoms with Crippen molar-refractivity contribution in [1.82, 2.24) is 10.3 Å². The van der Waals surface area contributed by atoms with E-state index < -0.39 is 43.7 Å². The molecule has 176 valence electrons. The number of pyridine rings is 1. The van der Waals surface area contributed by atoms with E-state index in [1.165, 1.54) is 45.2 Å². The molecule has 9 nitrogen and oxygen atoms in total. The molecule has 3 N–H and O–H groups in total. The van der Waals surface area contributed by atoms with Gasteiger partial charge in [0.2, 0.25) is 0 Å². The second-order valence-electron chi connectivity index (χ2n) is 8.07. The molecule has 33 heavy (non-hydrogen) atoms. The summed E-state index contributed by atoms with van der Waals surface area (Å²) in [4.78, 5) is 32.1. The lowest BCUT2D eigenvalue weighted by Gasteiger charge is -2.39. The van der Waals surface area contributed by atoms with Gasteiger partial charge in [-0.1, -0.05) is 11.6 Å². The van der Waals surface area contributed by atoms with Gasteiger partial charge in [0.15, 0.2) is 9.84 Å². The summed E-state index contributed by atoms with van der Waals surface area (Å²) in [6.07, 6.45) is -0.206. The van der Waals surface area contributed by atoms with Crippen LogP contribution in [0.15, 0.2) is 39.9 Å². The number of carbonyl (C=O) groups is 2. The van der Waals surface area contributed by atoms with Crippen molar-refractivity contribution in [2.75, 3.05) is 11.1 Å². The molecular weight excluding hydrogens is 543 g/mol. The fourth-order valence-electron chi connectivity index (χ4n) is 3.32. The number of halogens is 3. The van der Waals surface area contributed by atoms with Crippen LogP contribution in [0.3, 0.4) is 0 Å². The summed E-state index contributed by atoms with van der Waals surface area (Å²) >= 11 is 9.04. The number of carboxylic acid groups (broad SMARTS) is 1. The number of anilines is 1. The van der Waals surface area contributed by atoms with E-state index in [0.29, 0.717) is 9.50 Å². The number of rotatable bonds is 3. The Balaban J connectivity index is 2.05. The summed E-state index contributed by atoms with van der Waals surface area (Å²) in [5, 5.41) is 14.0. The zero-order valence-electron chi connectivity index (χ0n) is 17.6. The minimum atomic E-state index is -3.96. The second kappa shape index (κ2) is 8.65. The number of amidine groups is 1. The van der Waals surface area contributed by atoms with Crippen LogP contribution in [0.5, 0.6) is 0 Å². The molecule has 0 bridgehead atoms. The zero-order valence-corrected chi connectivity index (χ0v) is 20.8. The van der Waals surface area contributed by atoms with Crippen LogP contribution < -0.4 is 10.6 Å². The number of hydrogen-bond acceptors (Lipinski definition) is 6. The van der Waals surface area contributed by atoms with Gasteiger partial charge in [0.1, 0.15) is 27.6 Å². The summed E-state index contributed by atoms with van der Waals surface area (Å²) in [6.45, 7) is 4.02. The molecule has 3 rings (SSSR count). The van der Waals surface area contributed by atoms with E-state index in [9.17, 15) is 22.4 Å². The highest BCUT2D eigenvalue weighted by atomic mass is 79.9. The first-order chi connectivity index (χ1) is 15.2. The van der Waals surface area contributed by atoms with Crippen LogP contribution in [0.4, 0.5) is 14.9 Å². The standard InChI is InChI=1S/C20H19BrClFN4O5S/c1-19(2)17(26-18(29)30)27-20(3,9-33(19,31)32)12-7-11(4-5-14(12)23)25-16(28)15-13(21)6-10(22)8-24-15/h4-8H,9H2,1-3H3,(H,25,28)(H,26,27)(H,29,30). The normalized spacial score (nSPS) is 21.1. The first kappa shape index (κ1) is 25.1. The number of nitrogens with zero attached hydrogens (tertiary/aromatic N) is 2. The second-order valence-corrected chi connectivity index (χ2v) is 11.9. The van der Waals surface area contributed by atoms with Crippen molar-refractivity contribution >= 4 is 60.9 Å². The molecule has 0 fully saturated rings. The van der Waals surface area contributed by atoms with Crippen LogP contribution in [-0.4, -0.2) is 46.8 Å². The van der Waals surface area contributed by atoms with Crippen LogP contribution in [0, 0.1) is 5.82 Å². The molecule has 2 amide bonds. The lowest BCUT2D eigenvalue weighted by atomic mass is 9.92. The van der Waals surface area contributed by atoms with E-state index in [1.807, 2.05) is 5.32 Å². The van der Waals surface area contributed by atoms with Gasteiger partial charge in [-0.15, -0.1) is 0 Å². The predicted molar refractivity (Wildman–Crippen MR) is 125 cm³/mol. The van der Waals surface area contributed by atoms with E-state index in [0.717, 1.165) is 6.07 Å². The Kier molecular flexibility index (Phi) is 6.57. The Labute approximate surface area is 202 Å². The minimum Gasteiger partial charge on any atom is -0.465 e. The number of aromatic nitrogens is 1. The van der Waals surface area contributed by atoms with Crippen molar-refractivity contribution in [3.63, 3.8) is 0 Å². The van der Waals surface area contributed by atoms with E-state index >= 15 is 0 Å². The molecule has 1 aliphatic rings. The van der Waals surface area contributed by atoms with Gasteiger partial charge in [-0.3, -0.25) is 15.1 Å². The average Bonchev–Trinajstić information content (AvgIpc) is 2.67. The molecule has 1 aliphatic heterocycles. The maximum Gasteiger partial charge on any atom is 0.410 e. The molecule has 1 atom stereocenters. The lowest BCUT2D eigenvalue weighted by molar-refractivity contribution is 0.102. The van der Waals surface area contributed by atoms with E-state index in [-0.39, 0.29) is 22.8 Å². The SMILES string of the molecule is CC1(c2cc(NC(=O)c3ncc(Cl)cc3Br)ccc2F)CS(=O)(=O)C(C)(C)C(NC(=O)O)=N1. The first-order valence-corrected chi connectivity index (χ1v) is 12.2. The molecule has 0 saturated heterocycles. The smallest absolute Gasteiger partial charge is 0.410 e. The van der Waals surface area contributed by atoms with Gasteiger partial charge in [0.05, 0.1) is 15.2 Å². The average molecular weight is 562 g/mol. The molecule has 2 aromatic rings. The number of amides is 2. The number of hydrogen-bond donors (Lipinski definition) is 3. The van der Waals surface area contributed by atoms with Crippen LogP contribution >= 0.6 is 27.5 Å². The van der Waals surface area contributed by atoms with Crippen molar-refractivity contribution < 1.29 is 27.5 Å². The van der Waals surface area contributed by atoms with Gasteiger partial charge in [0.25, 0.3) is 5.91 Å². The van der Waals surface area contributed by atoms with Crippen molar-refractivity contribution in [3.05, 3.63) is 57.0 Å². The molecule has 1 aromatic heterocycles. The van der Waals surface area contributed by atoms with Crippen LogP contribution in [0.25, 0.3) is 0 Å². The van der Waals surface area contributed by atoms with Crippen LogP contribution in [0.2, 0.25) is 5.02 Å². The number of benzene rings is 1. The third kappa shape index (κ3) is 4.87. The maximum atomic E-state index is 14.9. The van der Waals surface area contributed by atoms with Gasteiger partial charge in [-0.25, -0.2) is 22.6 Å². The maximum absolute atomic E-state index is 14.9. The van der Waals surface area contributed by atoms with E-state index in [4.69, 9.17) is 16.7 Å². The molecular formula is C20H19BrClFN4O5S. The fourth-order valence-corrected chi connectivity index (χ4v) is 5.85. The number of nitrogens with one attached hydrogen (secondary N) is 2. The largest absolute Gasteiger partial charge is 0.465 e. The Morgan fingerprint density at radius 3 is 2.48 bits per heavy atom. The highest BCUT2D eigenvalue weighted by Gasteiger charge is 2.51. The molecule has 0 aliphatic carbocycles. The van der Waals surface area contributed by atoms with Gasteiger partial charge >= 0.3 is 6.09 Å². The van der Waals surface area contributed by atoms with Crippen molar-refractivity contribution in [2.24, 2.45) is 4.99 Å². The molecule has 13 heteroatoms. The van der Waals surface area contributed by atoms with E-state index in [1.54, 1.807) is 0 Å². The number of aliphatic imine (C=N–C) groups is 1. The minimum absolute atomic E-state index is 0.0319. The van der Waals surface area contributed by atoms with Gasteiger partial charge in [-0.2, -0.15) is 0 Å². The Morgan fingerprint density at radius 1 is 1.21 bits per heavy atom. The van der Waals surface area contributed by atoms with Crippen LogP contribution in [0.1, 0.15) is 36.8 Å². The highest BCUT2D eigenvalue weighted by Crippen LogP contribution is 2.39. The molecule has 1 unspecified atom stereocenters. The summed E-state index contributed by atoms with van der Waals surface area (Å²) < 4.78 is 39.5. The van der Waals surface area contributed by atoms with Gasteiger partial charge in [-0.05, 0) is 61.0 Å². The quantitative estimate of drug-likeness (QED) is 0.518. The van der Waals surface area contributed by atoms with Gasteiger partial charge in [0, 0.05) is 17.4 Å². The van der Waals surface area contributed by atoms with Crippen molar-refractivity contribution in [2.45, 2.75) is 31.1 Å². The first-order valence-electron chi connectivity index (χ1n) is 9.41. The third-order valence-electron chi connectivity index (χ3n) is 5.23. The van der Waals surface area contributed by atoms with E-state index in [2.05, 4.69) is 31.2 Å². The predicted octanol–water partition coefficient (Wildman–Crippen LogP) is 3.98. The number of carbonyl (C=O) groups excluding carboxylic acids is 1. The zero-order chi connectivity index (χ0) is 24.8. The van der Waals surface area contributed by atoms with Crippen molar-refractivity contribution in [3.8, 4) is 0 Å². The molecule has 0 spiro atoms.